The monoisotopic (exact) mass is 305 g/mol. The van der Waals surface area contributed by atoms with E-state index in [9.17, 15) is 9.59 Å². The second-order valence-electron chi connectivity index (χ2n) is 5.88. The zero-order chi connectivity index (χ0) is 16.3. The van der Waals surface area contributed by atoms with Gasteiger partial charge in [0.2, 0.25) is 0 Å². The van der Waals surface area contributed by atoms with E-state index in [0.717, 1.165) is 11.1 Å². The highest BCUT2D eigenvalue weighted by Gasteiger charge is 2.26. The van der Waals surface area contributed by atoms with Crippen LogP contribution in [0.2, 0.25) is 0 Å². The molecule has 0 aliphatic carbocycles. The van der Waals surface area contributed by atoms with Crippen LogP contribution in [0.3, 0.4) is 0 Å². The summed E-state index contributed by atoms with van der Waals surface area (Å²) in [5, 5.41) is 0. The van der Waals surface area contributed by atoms with Gasteiger partial charge in [-0.2, -0.15) is 0 Å². The van der Waals surface area contributed by atoms with Crippen molar-refractivity contribution < 1.29 is 19.1 Å². The fourth-order valence-corrected chi connectivity index (χ4v) is 2.65. The molecular formula is C17H23NO4. The SMILES string of the molecule is Cc1cccc(C(=O)OCC(=O)N2C[C@@H](C)O[C@@H](C)C2)c1C. The number of carbonyl (C=O) groups excluding carboxylic acids is 2. The van der Waals surface area contributed by atoms with Gasteiger partial charge in [-0.25, -0.2) is 4.79 Å². The molecule has 22 heavy (non-hydrogen) atoms. The van der Waals surface area contributed by atoms with Crippen molar-refractivity contribution in [2.24, 2.45) is 0 Å². The lowest BCUT2D eigenvalue weighted by molar-refractivity contribution is -0.146. The zero-order valence-electron chi connectivity index (χ0n) is 13.6. The molecule has 120 valence electrons. The number of ether oxygens (including phenoxy) is 2. The van der Waals surface area contributed by atoms with Gasteiger partial charge in [0, 0.05) is 13.1 Å². The first-order chi connectivity index (χ1) is 10.4. The van der Waals surface area contributed by atoms with Gasteiger partial charge >= 0.3 is 5.97 Å². The standard InChI is InChI=1S/C17H23NO4/c1-11-6-5-7-15(14(11)4)17(20)21-10-16(19)18-8-12(2)22-13(3)9-18/h5-7,12-13H,8-10H2,1-4H3/t12-,13+. The van der Waals surface area contributed by atoms with Gasteiger partial charge in [0.1, 0.15) is 0 Å². The molecule has 0 N–H and O–H groups in total. The van der Waals surface area contributed by atoms with Crippen LogP contribution in [-0.4, -0.2) is 48.7 Å². The fraction of sp³-hybridized carbons (Fsp3) is 0.529. The first kappa shape index (κ1) is 16.5. The maximum Gasteiger partial charge on any atom is 0.338 e. The molecule has 0 radical (unpaired) electrons. The van der Waals surface area contributed by atoms with E-state index in [4.69, 9.17) is 9.47 Å². The van der Waals surface area contributed by atoms with Crippen molar-refractivity contribution in [1.82, 2.24) is 4.90 Å². The number of hydrogen-bond donors (Lipinski definition) is 0. The van der Waals surface area contributed by atoms with E-state index in [1.165, 1.54) is 0 Å². The Bertz CT molecular complexity index is 560. The molecule has 5 nitrogen and oxygen atoms in total. The average Bonchev–Trinajstić information content (AvgIpc) is 2.46. The van der Waals surface area contributed by atoms with E-state index in [-0.39, 0.29) is 24.7 Å². The van der Waals surface area contributed by atoms with Gasteiger partial charge in [0.05, 0.1) is 17.8 Å². The third-order valence-electron chi connectivity index (χ3n) is 3.92. The molecule has 0 saturated carbocycles. The van der Waals surface area contributed by atoms with Crippen molar-refractivity contribution in [1.29, 1.82) is 0 Å². The normalized spacial score (nSPS) is 21.5. The summed E-state index contributed by atoms with van der Waals surface area (Å²) in [6.07, 6.45) is 0.00448. The molecule has 0 unspecified atom stereocenters. The Morgan fingerprint density at radius 2 is 1.86 bits per heavy atom. The van der Waals surface area contributed by atoms with Crippen LogP contribution in [0.15, 0.2) is 18.2 Å². The molecule has 1 heterocycles. The van der Waals surface area contributed by atoms with E-state index >= 15 is 0 Å². The van der Waals surface area contributed by atoms with Crippen molar-refractivity contribution in [2.75, 3.05) is 19.7 Å². The molecule has 1 aliphatic rings. The van der Waals surface area contributed by atoms with Crippen molar-refractivity contribution in [2.45, 2.75) is 39.9 Å². The molecule has 1 aromatic carbocycles. The Hall–Kier alpha value is -1.88. The van der Waals surface area contributed by atoms with Crippen LogP contribution in [0.5, 0.6) is 0 Å². The van der Waals surface area contributed by atoms with Gasteiger partial charge in [-0.3, -0.25) is 4.79 Å². The lowest BCUT2D eigenvalue weighted by atomic mass is 10.0. The molecule has 0 aromatic heterocycles. The van der Waals surface area contributed by atoms with Crippen LogP contribution in [0.4, 0.5) is 0 Å². The summed E-state index contributed by atoms with van der Waals surface area (Å²) in [6, 6.07) is 5.47. The highest BCUT2D eigenvalue weighted by Crippen LogP contribution is 2.14. The Balaban J connectivity index is 1.93. The number of carbonyl (C=O) groups is 2. The largest absolute Gasteiger partial charge is 0.452 e. The summed E-state index contributed by atoms with van der Waals surface area (Å²) in [5.74, 6) is -0.635. The number of rotatable bonds is 3. The van der Waals surface area contributed by atoms with Crippen molar-refractivity contribution in [3.63, 3.8) is 0 Å². The Kier molecular flexibility index (Phi) is 5.19. The third kappa shape index (κ3) is 3.85. The number of benzene rings is 1. The zero-order valence-corrected chi connectivity index (χ0v) is 13.6. The van der Waals surface area contributed by atoms with Crippen LogP contribution in [-0.2, 0) is 14.3 Å². The summed E-state index contributed by atoms with van der Waals surface area (Å²) >= 11 is 0. The maximum absolute atomic E-state index is 12.2. The Morgan fingerprint density at radius 1 is 1.23 bits per heavy atom. The van der Waals surface area contributed by atoms with E-state index < -0.39 is 5.97 Å². The van der Waals surface area contributed by atoms with Crippen LogP contribution in [0, 0.1) is 13.8 Å². The van der Waals surface area contributed by atoms with E-state index in [2.05, 4.69) is 0 Å². The van der Waals surface area contributed by atoms with Crippen LogP contribution in [0.25, 0.3) is 0 Å². The van der Waals surface area contributed by atoms with Crippen LogP contribution < -0.4 is 0 Å². The van der Waals surface area contributed by atoms with Gasteiger partial charge < -0.3 is 14.4 Å². The molecule has 1 fully saturated rings. The second kappa shape index (κ2) is 6.92. The molecule has 1 aliphatic heterocycles. The summed E-state index contributed by atoms with van der Waals surface area (Å²) in [5.41, 5.74) is 2.42. The molecule has 0 bridgehead atoms. The first-order valence-electron chi connectivity index (χ1n) is 7.55. The molecule has 5 heteroatoms. The maximum atomic E-state index is 12.2. The predicted octanol–water partition coefficient (Wildman–Crippen LogP) is 2.10. The third-order valence-corrected chi connectivity index (χ3v) is 3.92. The number of esters is 1. The molecule has 2 atom stereocenters. The minimum absolute atomic E-state index is 0.00224. The van der Waals surface area contributed by atoms with E-state index in [1.54, 1.807) is 11.0 Å². The Labute approximate surface area is 131 Å². The molecule has 2 rings (SSSR count). The second-order valence-corrected chi connectivity index (χ2v) is 5.88. The average molecular weight is 305 g/mol. The molecule has 0 spiro atoms. The first-order valence-corrected chi connectivity index (χ1v) is 7.55. The van der Waals surface area contributed by atoms with Gasteiger partial charge in [-0.05, 0) is 44.9 Å². The predicted molar refractivity (Wildman–Crippen MR) is 82.8 cm³/mol. The highest BCUT2D eigenvalue weighted by atomic mass is 16.5. The number of aryl methyl sites for hydroxylation is 1. The lowest BCUT2D eigenvalue weighted by Gasteiger charge is -2.35. The number of hydrogen-bond acceptors (Lipinski definition) is 4. The van der Waals surface area contributed by atoms with Crippen LogP contribution >= 0.6 is 0 Å². The van der Waals surface area contributed by atoms with Crippen molar-refractivity contribution >= 4 is 11.9 Å². The Morgan fingerprint density at radius 3 is 2.50 bits per heavy atom. The molecular weight excluding hydrogens is 282 g/mol. The number of morpholine rings is 1. The molecule has 1 aromatic rings. The van der Waals surface area contributed by atoms with Crippen molar-refractivity contribution in [3.05, 3.63) is 34.9 Å². The topological polar surface area (TPSA) is 55.8 Å². The number of amides is 1. The smallest absolute Gasteiger partial charge is 0.338 e. The van der Waals surface area contributed by atoms with Gasteiger partial charge in [0.15, 0.2) is 6.61 Å². The summed E-state index contributed by atoms with van der Waals surface area (Å²) < 4.78 is 10.8. The minimum Gasteiger partial charge on any atom is -0.452 e. The van der Waals surface area contributed by atoms with Gasteiger partial charge in [0.25, 0.3) is 5.91 Å². The fourth-order valence-electron chi connectivity index (χ4n) is 2.65. The molecule has 1 saturated heterocycles. The summed E-state index contributed by atoms with van der Waals surface area (Å²) in [4.78, 5) is 26.0. The van der Waals surface area contributed by atoms with Gasteiger partial charge in [-0.1, -0.05) is 12.1 Å². The minimum atomic E-state index is -0.455. The van der Waals surface area contributed by atoms with Crippen molar-refractivity contribution in [3.8, 4) is 0 Å². The number of nitrogens with zero attached hydrogens (tertiary/aromatic N) is 1. The highest BCUT2D eigenvalue weighted by molar-refractivity contribution is 5.93. The molecule has 1 amide bonds. The van der Waals surface area contributed by atoms with E-state index in [1.807, 2.05) is 39.8 Å². The van der Waals surface area contributed by atoms with E-state index in [0.29, 0.717) is 18.7 Å². The summed E-state index contributed by atoms with van der Waals surface area (Å²) in [7, 11) is 0. The summed E-state index contributed by atoms with van der Waals surface area (Å²) in [6.45, 7) is 8.50. The van der Waals surface area contributed by atoms with Gasteiger partial charge in [-0.15, -0.1) is 0 Å². The van der Waals surface area contributed by atoms with Crippen LogP contribution in [0.1, 0.15) is 35.3 Å². The quantitative estimate of drug-likeness (QED) is 0.803. The lowest BCUT2D eigenvalue weighted by Crippen LogP contribution is -2.49.